The molecule has 3 heteroatoms. The molecule has 2 nitrogen and oxygen atoms in total. The minimum atomic E-state index is 0.0826. The van der Waals surface area contributed by atoms with Crippen LogP contribution in [0.3, 0.4) is 0 Å². The molecule has 84 valence electrons. The van der Waals surface area contributed by atoms with Crippen LogP contribution in [0.4, 0.5) is 5.69 Å². The zero-order chi connectivity index (χ0) is 12.3. The molecule has 0 atom stereocenters. The van der Waals surface area contributed by atoms with Gasteiger partial charge in [-0.25, -0.2) is 0 Å². The molecule has 0 aromatic heterocycles. The fourth-order valence-corrected chi connectivity index (χ4v) is 1.57. The van der Waals surface area contributed by atoms with Crippen LogP contribution in [0.25, 0.3) is 0 Å². The second-order valence-corrected chi connectivity index (χ2v) is 4.45. The van der Waals surface area contributed by atoms with Gasteiger partial charge in [-0.15, -0.1) is 0 Å². The third-order valence-corrected chi connectivity index (χ3v) is 2.75. The molecule has 0 aliphatic heterocycles. The van der Waals surface area contributed by atoms with Crippen LogP contribution >= 0.6 is 15.9 Å². The van der Waals surface area contributed by atoms with Crippen LogP contribution in [0.2, 0.25) is 0 Å². The van der Waals surface area contributed by atoms with Crippen LogP contribution in [-0.4, -0.2) is 5.11 Å². The number of phenolic OH excluding ortho intramolecular Hbond substituents is 1. The molecule has 2 aromatic rings. The Morgan fingerprint density at radius 1 is 0.941 bits per heavy atom. The number of hydrogen-bond acceptors (Lipinski definition) is 2. The molecule has 0 radical (unpaired) electrons. The van der Waals surface area contributed by atoms with Gasteiger partial charge in [0.15, 0.2) is 0 Å². The van der Waals surface area contributed by atoms with Gasteiger partial charge in [0.1, 0.15) is 5.75 Å². The van der Waals surface area contributed by atoms with Crippen molar-refractivity contribution in [1.29, 1.82) is 0 Å². The zero-order valence-corrected chi connectivity index (χ0v) is 10.5. The Morgan fingerprint density at radius 2 is 1.53 bits per heavy atom. The summed E-state index contributed by atoms with van der Waals surface area (Å²) in [6, 6.07) is 12.7. The summed E-state index contributed by atoms with van der Waals surface area (Å²) in [5.41, 5.74) is 7.64. The van der Waals surface area contributed by atoms with E-state index >= 15 is 0 Å². The second-order valence-electron chi connectivity index (χ2n) is 3.53. The summed E-state index contributed by atoms with van der Waals surface area (Å²) in [4.78, 5) is 0. The summed E-state index contributed by atoms with van der Waals surface area (Å²) >= 11 is 3.37. The minimum Gasteiger partial charge on any atom is -0.506 e. The molecule has 0 aliphatic rings. The zero-order valence-electron chi connectivity index (χ0n) is 8.94. The molecular weight excluding hydrogens is 278 g/mol. The monoisotopic (exact) mass is 287 g/mol. The average Bonchev–Trinajstić information content (AvgIpc) is 2.33. The quantitative estimate of drug-likeness (QED) is 0.444. The third-order valence-electron chi connectivity index (χ3n) is 2.22. The van der Waals surface area contributed by atoms with Crippen molar-refractivity contribution in [2.75, 3.05) is 5.73 Å². The van der Waals surface area contributed by atoms with Crippen molar-refractivity contribution in [2.45, 2.75) is 0 Å². The van der Waals surface area contributed by atoms with E-state index in [4.69, 9.17) is 5.73 Å². The number of nitrogen functional groups attached to an aromatic ring is 1. The van der Waals surface area contributed by atoms with E-state index in [2.05, 4.69) is 27.8 Å². The predicted octanol–water partition coefficient (Wildman–Crippen LogP) is 3.14. The highest BCUT2D eigenvalue weighted by Gasteiger charge is 1.95. The number of nitrogens with two attached hydrogens (primary N) is 1. The van der Waals surface area contributed by atoms with E-state index in [1.54, 1.807) is 18.2 Å². The summed E-state index contributed by atoms with van der Waals surface area (Å²) in [6.07, 6.45) is 0. The van der Waals surface area contributed by atoms with Gasteiger partial charge in [-0.2, -0.15) is 0 Å². The highest BCUT2D eigenvalue weighted by atomic mass is 79.9. The van der Waals surface area contributed by atoms with E-state index in [0.29, 0.717) is 5.69 Å². The van der Waals surface area contributed by atoms with Crippen molar-refractivity contribution in [3.05, 3.63) is 58.1 Å². The number of benzene rings is 2. The molecule has 2 aromatic carbocycles. The number of rotatable bonds is 0. The van der Waals surface area contributed by atoms with Crippen molar-refractivity contribution in [1.82, 2.24) is 0 Å². The highest BCUT2D eigenvalue weighted by molar-refractivity contribution is 9.10. The number of halogens is 1. The van der Waals surface area contributed by atoms with Crippen molar-refractivity contribution in [3.63, 3.8) is 0 Å². The van der Waals surface area contributed by atoms with Crippen LogP contribution in [-0.2, 0) is 0 Å². The average molecular weight is 288 g/mol. The normalized spacial score (nSPS) is 9.47. The van der Waals surface area contributed by atoms with Gasteiger partial charge in [0.25, 0.3) is 0 Å². The maximum Gasteiger partial charge on any atom is 0.138 e. The van der Waals surface area contributed by atoms with Crippen LogP contribution in [0, 0.1) is 11.8 Å². The highest BCUT2D eigenvalue weighted by Crippen LogP contribution is 2.19. The smallest absolute Gasteiger partial charge is 0.138 e. The molecule has 0 fully saturated rings. The molecule has 0 unspecified atom stereocenters. The summed E-state index contributed by atoms with van der Waals surface area (Å²) in [7, 11) is 0. The summed E-state index contributed by atoms with van der Waals surface area (Å²) < 4.78 is 1.02. The third kappa shape index (κ3) is 3.02. The maximum atomic E-state index is 9.28. The van der Waals surface area contributed by atoms with E-state index in [-0.39, 0.29) is 5.75 Å². The molecule has 0 spiro atoms. The van der Waals surface area contributed by atoms with Crippen LogP contribution in [0.15, 0.2) is 46.9 Å². The minimum absolute atomic E-state index is 0.0826. The van der Waals surface area contributed by atoms with Crippen molar-refractivity contribution >= 4 is 21.6 Å². The number of phenols is 1. The molecule has 0 saturated carbocycles. The van der Waals surface area contributed by atoms with E-state index < -0.39 is 0 Å². The van der Waals surface area contributed by atoms with Gasteiger partial charge in [0, 0.05) is 15.6 Å². The number of hydrogen-bond donors (Lipinski definition) is 2. The molecule has 0 bridgehead atoms. The molecule has 17 heavy (non-hydrogen) atoms. The van der Waals surface area contributed by atoms with Gasteiger partial charge in [0.05, 0.1) is 5.69 Å². The maximum absolute atomic E-state index is 9.28. The Labute approximate surface area is 108 Å². The van der Waals surface area contributed by atoms with E-state index in [1.807, 2.05) is 24.3 Å². The van der Waals surface area contributed by atoms with Crippen molar-refractivity contribution in [3.8, 4) is 17.6 Å². The van der Waals surface area contributed by atoms with E-state index in [1.165, 1.54) is 0 Å². The Balaban J connectivity index is 2.26. The first-order chi connectivity index (χ1) is 8.15. The van der Waals surface area contributed by atoms with Crippen LogP contribution < -0.4 is 5.73 Å². The number of anilines is 1. The van der Waals surface area contributed by atoms with Crippen LogP contribution in [0.5, 0.6) is 5.75 Å². The first-order valence-corrected chi connectivity index (χ1v) is 5.80. The van der Waals surface area contributed by atoms with Gasteiger partial charge in [-0.05, 0) is 42.5 Å². The first kappa shape index (κ1) is 11.6. The van der Waals surface area contributed by atoms with E-state index in [9.17, 15) is 5.11 Å². The van der Waals surface area contributed by atoms with Crippen molar-refractivity contribution < 1.29 is 5.11 Å². The lowest BCUT2D eigenvalue weighted by Crippen LogP contribution is -1.86. The van der Waals surface area contributed by atoms with Gasteiger partial charge in [-0.3, -0.25) is 0 Å². The Bertz CT molecular complexity index is 594. The van der Waals surface area contributed by atoms with Gasteiger partial charge < -0.3 is 10.8 Å². The molecular formula is C14H10BrNO. The summed E-state index contributed by atoms with van der Waals surface area (Å²) in [6.45, 7) is 0. The standard InChI is InChI=1S/C14H10BrNO/c15-12-6-3-10(4-7-12)1-2-11-5-8-14(17)13(16)9-11/h3-9,17H,16H2. The summed E-state index contributed by atoms with van der Waals surface area (Å²) in [5.74, 6) is 6.10. The van der Waals surface area contributed by atoms with Gasteiger partial charge >= 0.3 is 0 Å². The predicted molar refractivity (Wildman–Crippen MR) is 72.6 cm³/mol. The lowest BCUT2D eigenvalue weighted by atomic mass is 10.1. The largest absolute Gasteiger partial charge is 0.506 e. The molecule has 3 N–H and O–H groups in total. The molecule has 0 saturated heterocycles. The number of aromatic hydroxyl groups is 1. The Kier molecular flexibility index (Phi) is 3.36. The second kappa shape index (κ2) is 4.94. The summed E-state index contributed by atoms with van der Waals surface area (Å²) in [5, 5.41) is 9.28. The van der Waals surface area contributed by atoms with Crippen molar-refractivity contribution in [2.24, 2.45) is 0 Å². The lowest BCUT2D eigenvalue weighted by molar-refractivity contribution is 0.478. The molecule has 0 heterocycles. The van der Waals surface area contributed by atoms with Gasteiger partial charge in [0.2, 0.25) is 0 Å². The molecule has 0 aliphatic carbocycles. The Hall–Kier alpha value is -1.92. The molecule has 2 rings (SSSR count). The van der Waals surface area contributed by atoms with Gasteiger partial charge in [-0.1, -0.05) is 27.8 Å². The van der Waals surface area contributed by atoms with E-state index in [0.717, 1.165) is 15.6 Å². The fraction of sp³-hybridized carbons (Fsp3) is 0. The fourth-order valence-electron chi connectivity index (χ4n) is 1.31. The molecule has 0 amide bonds. The lowest BCUT2D eigenvalue weighted by Gasteiger charge is -1.97. The first-order valence-electron chi connectivity index (χ1n) is 5.01. The van der Waals surface area contributed by atoms with Crippen LogP contribution in [0.1, 0.15) is 11.1 Å². The topological polar surface area (TPSA) is 46.2 Å². The Morgan fingerprint density at radius 3 is 2.18 bits per heavy atom. The SMILES string of the molecule is Nc1cc(C#Cc2ccc(Br)cc2)ccc1O.